The minimum absolute atomic E-state index is 0.0415. The minimum Gasteiger partial charge on any atom is -0.466 e. The van der Waals surface area contributed by atoms with Crippen molar-refractivity contribution in [3.8, 4) is 0 Å². The molecule has 0 bridgehead atoms. The highest BCUT2D eigenvalue weighted by Gasteiger charge is 2.46. The molecule has 0 spiro atoms. The number of alkyl halides is 1. The number of ether oxygens (including phenoxy) is 1. The third-order valence-electron chi connectivity index (χ3n) is 2.71. The molecule has 0 saturated carbocycles. The van der Waals surface area contributed by atoms with E-state index in [2.05, 4.69) is 15.0 Å². The molecule has 1 atom stereocenters. The van der Waals surface area contributed by atoms with Gasteiger partial charge in [-0.1, -0.05) is 11.6 Å². The van der Waals surface area contributed by atoms with Crippen LogP contribution in [0.1, 0.15) is 5.56 Å². The molecule has 5 nitrogen and oxygen atoms in total. The van der Waals surface area contributed by atoms with E-state index in [1.165, 1.54) is 13.3 Å². The lowest BCUT2D eigenvalue weighted by molar-refractivity contribution is -0.142. The molecule has 1 aromatic heterocycles. The van der Waals surface area contributed by atoms with E-state index >= 15 is 0 Å². The molecule has 2 heterocycles. The summed E-state index contributed by atoms with van der Waals surface area (Å²) in [6.45, 7) is 0. The van der Waals surface area contributed by atoms with Gasteiger partial charge in [-0.15, -0.1) is 0 Å². The zero-order valence-electron chi connectivity index (χ0n) is 10.3. The van der Waals surface area contributed by atoms with Crippen molar-refractivity contribution in [1.29, 1.82) is 0 Å². The molecule has 0 fully saturated rings. The second-order valence-corrected chi connectivity index (χ2v) is 5.93. The summed E-state index contributed by atoms with van der Waals surface area (Å²) in [5.74, 6) is -1.42. The van der Waals surface area contributed by atoms with Crippen LogP contribution in [-0.4, -0.2) is 21.6 Å². The van der Waals surface area contributed by atoms with Crippen LogP contribution in [0.4, 0.5) is 4.39 Å². The molecule has 3 N–H and O–H groups in total. The Hall–Kier alpha value is -1.35. The van der Waals surface area contributed by atoms with Gasteiger partial charge in [-0.25, -0.2) is 9.18 Å². The summed E-state index contributed by atoms with van der Waals surface area (Å²) in [6, 6.07) is 3.27. The molecule has 20 heavy (non-hydrogen) atoms. The topological polar surface area (TPSA) is 77.2 Å². The van der Waals surface area contributed by atoms with Crippen molar-refractivity contribution in [2.75, 3.05) is 7.11 Å². The third-order valence-corrected chi connectivity index (χ3v) is 4.76. The monoisotopic (exact) mass is 409 g/mol. The third kappa shape index (κ3) is 2.35. The molecule has 0 amide bonds. The number of hydrogen-bond donors (Lipinski definition) is 2. The number of rotatable bonds is 2. The van der Waals surface area contributed by atoms with Crippen LogP contribution in [0.3, 0.4) is 0 Å². The predicted molar refractivity (Wildman–Crippen MR) is 81.2 cm³/mol. The quantitative estimate of drug-likeness (QED) is 0.338. The van der Waals surface area contributed by atoms with Crippen molar-refractivity contribution in [3.05, 3.63) is 46.6 Å². The molecular weight excluding hydrogens is 400 g/mol. The number of dihydropyridines is 1. The standard InChI is InChI=1S/C12H10ClFIN3O2/c1-20-11(19)12(15)10(13)8(16)7(14)9(18-12)6-3-2-4-17-5-6/h2-5,18H,16H2,1H3. The molecule has 1 aliphatic heterocycles. The Labute approximate surface area is 133 Å². The number of carbonyl (C=O) groups is 1. The Balaban J connectivity index is 2.58. The van der Waals surface area contributed by atoms with Crippen molar-refractivity contribution in [1.82, 2.24) is 10.3 Å². The zero-order chi connectivity index (χ0) is 14.9. The number of esters is 1. The number of nitrogens with zero attached hydrogens (tertiary/aromatic N) is 1. The van der Waals surface area contributed by atoms with Crippen LogP contribution < -0.4 is 11.1 Å². The van der Waals surface area contributed by atoms with E-state index in [0.29, 0.717) is 5.56 Å². The Kier molecular flexibility index (Phi) is 4.19. The van der Waals surface area contributed by atoms with Gasteiger partial charge >= 0.3 is 5.97 Å². The van der Waals surface area contributed by atoms with Gasteiger partial charge < -0.3 is 15.8 Å². The first-order valence-corrected chi connectivity index (χ1v) is 6.89. The fourth-order valence-electron chi connectivity index (χ4n) is 1.69. The van der Waals surface area contributed by atoms with Crippen LogP contribution in [0.5, 0.6) is 0 Å². The van der Waals surface area contributed by atoms with Crippen LogP contribution in [0.25, 0.3) is 5.70 Å². The first-order chi connectivity index (χ1) is 9.41. The largest absolute Gasteiger partial charge is 0.466 e. The van der Waals surface area contributed by atoms with Crippen molar-refractivity contribution >= 4 is 45.9 Å². The van der Waals surface area contributed by atoms with Crippen molar-refractivity contribution in [2.24, 2.45) is 5.73 Å². The molecule has 106 valence electrons. The fourth-order valence-corrected chi connectivity index (χ4v) is 2.68. The van der Waals surface area contributed by atoms with Crippen molar-refractivity contribution in [2.45, 2.75) is 3.55 Å². The summed E-state index contributed by atoms with van der Waals surface area (Å²) in [4.78, 5) is 15.8. The summed E-state index contributed by atoms with van der Waals surface area (Å²) in [5.41, 5.74) is 5.85. The average molecular weight is 410 g/mol. The number of aromatic nitrogens is 1. The number of halogens is 3. The van der Waals surface area contributed by atoms with Gasteiger partial charge in [-0.3, -0.25) is 4.98 Å². The van der Waals surface area contributed by atoms with E-state index in [1.807, 2.05) is 0 Å². The van der Waals surface area contributed by atoms with Crippen LogP contribution in [-0.2, 0) is 9.53 Å². The molecule has 2 rings (SSSR count). The minimum atomic E-state index is -1.47. The van der Waals surface area contributed by atoms with E-state index in [4.69, 9.17) is 17.3 Å². The maximum atomic E-state index is 14.3. The second kappa shape index (κ2) is 5.57. The highest BCUT2D eigenvalue weighted by molar-refractivity contribution is 14.1. The lowest BCUT2D eigenvalue weighted by atomic mass is 10.1. The van der Waals surface area contributed by atoms with E-state index in [1.54, 1.807) is 40.9 Å². The van der Waals surface area contributed by atoms with E-state index < -0.39 is 15.3 Å². The van der Waals surface area contributed by atoms with Gasteiger partial charge in [0.2, 0.25) is 3.55 Å². The lowest BCUT2D eigenvalue weighted by Crippen LogP contribution is -2.50. The summed E-state index contributed by atoms with van der Waals surface area (Å²) in [6.07, 6.45) is 3.00. The van der Waals surface area contributed by atoms with Gasteiger partial charge in [0.1, 0.15) is 0 Å². The van der Waals surface area contributed by atoms with Gasteiger partial charge in [0, 0.05) is 18.0 Å². The lowest BCUT2D eigenvalue weighted by Gasteiger charge is -2.32. The van der Waals surface area contributed by atoms with E-state index in [0.717, 1.165) is 0 Å². The number of allylic oxidation sites excluding steroid dienone is 1. The molecule has 0 saturated heterocycles. The van der Waals surface area contributed by atoms with E-state index in [9.17, 15) is 9.18 Å². The SMILES string of the molecule is COC(=O)C1(I)NC(c2cccnc2)=C(F)C(N)=C1Cl. The van der Waals surface area contributed by atoms with E-state index in [-0.39, 0.29) is 16.4 Å². The Morgan fingerprint density at radius 3 is 2.90 bits per heavy atom. The number of nitrogens with one attached hydrogen (secondary N) is 1. The van der Waals surface area contributed by atoms with Crippen LogP contribution in [0.2, 0.25) is 0 Å². The van der Waals surface area contributed by atoms with Gasteiger partial charge in [0.15, 0.2) is 5.83 Å². The summed E-state index contributed by atoms with van der Waals surface area (Å²) >= 11 is 7.72. The smallest absolute Gasteiger partial charge is 0.347 e. The Morgan fingerprint density at radius 2 is 2.35 bits per heavy atom. The first kappa shape index (κ1) is 15.0. The fraction of sp³-hybridized carbons (Fsp3) is 0.167. The Morgan fingerprint density at radius 1 is 1.65 bits per heavy atom. The van der Waals surface area contributed by atoms with Gasteiger partial charge in [-0.05, 0) is 34.7 Å². The van der Waals surface area contributed by atoms with Crippen molar-refractivity contribution < 1.29 is 13.9 Å². The predicted octanol–water partition coefficient (Wildman–Crippen LogP) is 2.04. The summed E-state index contributed by atoms with van der Waals surface area (Å²) in [7, 11) is 1.21. The van der Waals surface area contributed by atoms with Gasteiger partial charge in [0.25, 0.3) is 0 Å². The normalized spacial score (nSPS) is 22.6. The molecule has 1 aromatic rings. The molecular formula is C12H10ClFIN3O2. The number of pyridine rings is 1. The summed E-state index contributed by atoms with van der Waals surface area (Å²) < 4.78 is 17.5. The highest BCUT2D eigenvalue weighted by Crippen LogP contribution is 2.40. The summed E-state index contributed by atoms with van der Waals surface area (Å²) in [5, 5.41) is 2.58. The van der Waals surface area contributed by atoms with Crippen LogP contribution >= 0.6 is 34.2 Å². The molecule has 0 aromatic carbocycles. The molecule has 1 aliphatic rings. The maximum absolute atomic E-state index is 14.3. The second-order valence-electron chi connectivity index (χ2n) is 3.93. The van der Waals surface area contributed by atoms with Gasteiger partial charge in [0.05, 0.1) is 23.5 Å². The number of nitrogens with two attached hydrogens (primary N) is 1. The first-order valence-electron chi connectivity index (χ1n) is 5.43. The Bertz CT molecular complexity index is 620. The maximum Gasteiger partial charge on any atom is 0.347 e. The van der Waals surface area contributed by atoms with Crippen LogP contribution in [0, 0.1) is 0 Å². The number of methoxy groups -OCH3 is 1. The molecule has 8 heteroatoms. The van der Waals surface area contributed by atoms with Gasteiger partial charge in [-0.2, -0.15) is 0 Å². The zero-order valence-corrected chi connectivity index (χ0v) is 13.2. The van der Waals surface area contributed by atoms with Crippen molar-refractivity contribution in [3.63, 3.8) is 0 Å². The average Bonchev–Trinajstić information content (AvgIpc) is 2.49. The molecule has 1 unspecified atom stereocenters. The highest BCUT2D eigenvalue weighted by atomic mass is 127. The molecule has 0 aliphatic carbocycles. The number of carbonyl (C=O) groups excluding carboxylic acids is 1. The molecule has 0 radical (unpaired) electrons. The number of hydrogen-bond acceptors (Lipinski definition) is 5. The van der Waals surface area contributed by atoms with Crippen LogP contribution in [0.15, 0.2) is 41.1 Å².